The molecule has 0 radical (unpaired) electrons. The number of nitriles is 1. The molecule has 0 saturated carbocycles. The average Bonchev–Trinajstić information content (AvgIpc) is 3.06. The molecular weight excluding hydrogens is 336 g/mol. The molecule has 0 atom stereocenters. The van der Waals surface area contributed by atoms with E-state index in [9.17, 15) is 14.9 Å². The second kappa shape index (κ2) is 7.80. The van der Waals surface area contributed by atoms with Crippen molar-refractivity contribution in [1.82, 2.24) is 5.32 Å². The Morgan fingerprint density at radius 3 is 2.88 bits per heavy atom. The Kier molecular flexibility index (Phi) is 5.54. The quantitative estimate of drug-likeness (QED) is 0.359. The van der Waals surface area contributed by atoms with Crippen molar-refractivity contribution in [3.8, 4) is 6.07 Å². The van der Waals surface area contributed by atoms with Crippen LogP contribution in [0.2, 0.25) is 5.02 Å². The number of hydrogen-bond donors (Lipinski definition) is 2. The minimum atomic E-state index is -0.707. The summed E-state index contributed by atoms with van der Waals surface area (Å²) in [6.45, 7) is 0.303. The molecule has 24 heavy (non-hydrogen) atoms. The minimum Gasteiger partial charge on any atom is -0.467 e. The molecule has 1 heterocycles. The van der Waals surface area contributed by atoms with Gasteiger partial charge in [-0.25, -0.2) is 0 Å². The standard InChI is InChI=1S/C15H11ClN4O4/c16-13-4-3-11(6-14(13)20(22)23)19-15(21)10(7-17)8-18-9-12-2-1-5-24-12/h1-6,8,18H,9H2,(H,19,21)/b10-8-. The third-order valence-corrected chi connectivity index (χ3v) is 3.19. The minimum absolute atomic E-state index is 0.0471. The molecule has 0 aliphatic heterocycles. The van der Waals surface area contributed by atoms with Crippen LogP contribution in [0.3, 0.4) is 0 Å². The van der Waals surface area contributed by atoms with Crippen LogP contribution < -0.4 is 10.6 Å². The number of nitrogens with one attached hydrogen (secondary N) is 2. The van der Waals surface area contributed by atoms with Crippen LogP contribution in [0.15, 0.2) is 52.8 Å². The van der Waals surface area contributed by atoms with Gasteiger partial charge < -0.3 is 15.1 Å². The summed E-state index contributed by atoms with van der Waals surface area (Å²) >= 11 is 5.70. The predicted octanol–water partition coefficient (Wildman–Crippen LogP) is 2.98. The van der Waals surface area contributed by atoms with Gasteiger partial charge in [0.1, 0.15) is 22.4 Å². The fraction of sp³-hybridized carbons (Fsp3) is 0.0667. The van der Waals surface area contributed by atoms with Crippen molar-refractivity contribution in [2.75, 3.05) is 5.32 Å². The monoisotopic (exact) mass is 346 g/mol. The molecule has 1 amide bonds. The maximum absolute atomic E-state index is 12.0. The van der Waals surface area contributed by atoms with Crippen molar-refractivity contribution in [3.05, 3.63) is 69.3 Å². The van der Waals surface area contributed by atoms with Crippen LogP contribution >= 0.6 is 11.6 Å². The zero-order chi connectivity index (χ0) is 17.5. The largest absolute Gasteiger partial charge is 0.467 e. The summed E-state index contributed by atoms with van der Waals surface area (Å²) in [6, 6.07) is 9.01. The summed E-state index contributed by atoms with van der Waals surface area (Å²) in [6.07, 6.45) is 2.74. The molecule has 0 bridgehead atoms. The summed E-state index contributed by atoms with van der Waals surface area (Å²) in [7, 11) is 0. The Hall–Kier alpha value is -3.31. The Morgan fingerprint density at radius 1 is 1.46 bits per heavy atom. The maximum Gasteiger partial charge on any atom is 0.289 e. The van der Waals surface area contributed by atoms with E-state index in [0.29, 0.717) is 12.3 Å². The highest BCUT2D eigenvalue weighted by Gasteiger charge is 2.15. The van der Waals surface area contributed by atoms with Gasteiger partial charge >= 0.3 is 0 Å². The van der Waals surface area contributed by atoms with Gasteiger partial charge in [0.2, 0.25) is 0 Å². The summed E-state index contributed by atoms with van der Waals surface area (Å²) in [5.41, 5.74) is -0.379. The summed E-state index contributed by atoms with van der Waals surface area (Å²) in [5, 5.41) is 25.0. The number of nitro benzene ring substituents is 1. The smallest absolute Gasteiger partial charge is 0.289 e. The molecule has 0 aliphatic rings. The molecule has 122 valence electrons. The molecule has 9 heteroatoms. The summed E-state index contributed by atoms with van der Waals surface area (Å²) < 4.78 is 5.10. The molecule has 0 spiro atoms. The van der Waals surface area contributed by atoms with E-state index in [1.54, 1.807) is 18.2 Å². The van der Waals surface area contributed by atoms with Gasteiger partial charge in [-0.05, 0) is 24.3 Å². The highest BCUT2D eigenvalue weighted by molar-refractivity contribution is 6.32. The molecule has 1 aromatic heterocycles. The first-order chi connectivity index (χ1) is 11.5. The summed E-state index contributed by atoms with van der Waals surface area (Å²) in [5.74, 6) is -0.0710. The van der Waals surface area contributed by atoms with E-state index in [0.717, 1.165) is 6.07 Å². The second-order valence-corrected chi connectivity index (χ2v) is 4.91. The number of carbonyl (C=O) groups excluding carboxylic acids is 1. The molecule has 0 fully saturated rings. The third kappa shape index (κ3) is 4.34. The van der Waals surface area contributed by atoms with Crippen LogP contribution in [0, 0.1) is 21.4 Å². The van der Waals surface area contributed by atoms with Crippen molar-refractivity contribution in [2.24, 2.45) is 0 Å². The van der Waals surface area contributed by atoms with Crippen molar-refractivity contribution in [2.45, 2.75) is 6.54 Å². The molecular formula is C15H11ClN4O4. The van der Waals surface area contributed by atoms with Crippen LogP contribution in [0.4, 0.5) is 11.4 Å². The van der Waals surface area contributed by atoms with Crippen molar-refractivity contribution in [1.29, 1.82) is 5.26 Å². The number of carbonyl (C=O) groups is 1. The van der Waals surface area contributed by atoms with Crippen molar-refractivity contribution < 1.29 is 14.1 Å². The highest BCUT2D eigenvalue weighted by Crippen LogP contribution is 2.27. The van der Waals surface area contributed by atoms with Gasteiger partial charge in [-0.1, -0.05) is 11.6 Å². The van der Waals surface area contributed by atoms with Gasteiger partial charge in [-0.15, -0.1) is 0 Å². The number of nitro groups is 1. The fourth-order valence-corrected chi connectivity index (χ4v) is 1.93. The van der Waals surface area contributed by atoms with E-state index in [2.05, 4.69) is 10.6 Å². The zero-order valence-electron chi connectivity index (χ0n) is 12.2. The number of rotatable bonds is 6. The number of hydrogen-bond acceptors (Lipinski definition) is 6. The fourth-order valence-electron chi connectivity index (χ4n) is 1.74. The molecule has 2 N–H and O–H groups in total. The number of halogens is 1. The van der Waals surface area contributed by atoms with Gasteiger partial charge in [0.25, 0.3) is 11.6 Å². The van der Waals surface area contributed by atoms with E-state index in [1.807, 2.05) is 0 Å². The maximum atomic E-state index is 12.0. The van der Waals surface area contributed by atoms with Gasteiger partial charge in [0.15, 0.2) is 0 Å². The first-order valence-electron chi connectivity index (χ1n) is 6.62. The first kappa shape index (κ1) is 17.1. The molecule has 1 aromatic carbocycles. The van der Waals surface area contributed by atoms with Crippen LogP contribution in [-0.4, -0.2) is 10.8 Å². The Morgan fingerprint density at radius 2 is 2.25 bits per heavy atom. The molecule has 0 unspecified atom stereocenters. The van der Waals surface area contributed by atoms with E-state index in [1.165, 1.54) is 24.6 Å². The van der Waals surface area contributed by atoms with Crippen LogP contribution in [0.25, 0.3) is 0 Å². The van der Waals surface area contributed by atoms with Crippen LogP contribution in [0.1, 0.15) is 5.76 Å². The second-order valence-electron chi connectivity index (χ2n) is 4.51. The van der Waals surface area contributed by atoms with Gasteiger partial charge in [-0.2, -0.15) is 5.26 Å². The van der Waals surface area contributed by atoms with Gasteiger partial charge in [0, 0.05) is 18.0 Å². The predicted molar refractivity (Wildman–Crippen MR) is 86.0 cm³/mol. The number of benzene rings is 1. The topological polar surface area (TPSA) is 121 Å². The molecule has 0 saturated heterocycles. The Labute approximate surface area is 141 Å². The average molecular weight is 347 g/mol. The molecule has 2 rings (SSSR count). The normalized spacial score (nSPS) is 10.8. The number of anilines is 1. The lowest BCUT2D eigenvalue weighted by Gasteiger charge is -2.05. The van der Waals surface area contributed by atoms with E-state index in [4.69, 9.17) is 21.3 Å². The Balaban J connectivity index is 2.05. The lowest BCUT2D eigenvalue weighted by molar-refractivity contribution is -0.384. The van der Waals surface area contributed by atoms with Gasteiger partial charge in [0.05, 0.1) is 17.7 Å². The number of furan rings is 1. The summed E-state index contributed by atoms with van der Waals surface area (Å²) in [4.78, 5) is 22.2. The van der Waals surface area contributed by atoms with E-state index < -0.39 is 10.8 Å². The number of amides is 1. The third-order valence-electron chi connectivity index (χ3n) is 2.87. The van der Waals surface area contributed by atoms with Gasteiger partial charge in [-0.3, -0.25) is 14.9 Å². The number of nitrogens with zero attached hydrogens (tertiary/aromatic N) is 2. The lowest BCUT2D eigenvalue weighted by Crippen LogP contribution is -2.16. The van der Waals surface area contributed by atoms with Crippen LogP contribution in [-0.2, 0) is 11.3 Å². The van der Waals surface area contributed by atoms with Crippen molar-refractivity contribution >= 4 is 28.9 Å². The van der Waals surface area contributed by atoms with E-state index >= 15 is 0 Å². The van der Waals surface area contributed by atoms with Crippen LogP contribution in [0.5, 0.6) is 0 Å². The first-order valence-corrected chi connectivity index (χ1v) is 7.00. The molecule has 8 nitrogen and oxygen atoms in total. The van der Waals surface area contributed by atoms with Crippen molar-refractivity contribution in [3.63, 3.8) is 0 Å². The SMILES string of the molecule is N#C/C(=C/NCc1ccco1)C(=O)Nc1ccc(Cl)c([N+](=O)[O-])c1. The Bertz CT molecular complexity index is 824. The lowest BCUT2D eigenvalue weighted by atomic mass is 10.2. The molecule has 0 aliphatic carbocycles. The zero-order valence-corrected chi connectivity index (χ0v) is 12.9. The highest BCUT2D eigenvalue weighted by atomic mass is 35.5. The van der Waals surface area contributed by atoms with E-state index in [-0.39, 0.29) is 22.0 Å². The molecule has 2 aromatic rings.